The Labute approximate surface area is 129 Å². The van der Waals surface area contributed by atoms with Crippen molar-refractivity contribution in [1.29, 1.82) is 0 Å². The Morgan fingerprint density at radius 1 is 1.14 bits per heavy atom. The predicted molar refractivity (Wildman–Crippen MR) is 79.8 cm³/mol. The number of aromatic carboxylic acids is 1. The largest absolute Gasteiger partial charge is 0.478 e. The van der Waals surface area contributed by atoms with Crippen molar-refractivity contribution < 1.29 is 14.8 Å². The van der Waals surface area contributed by atoms with Crippen molar-refractivity contribution in [3.05, 3.63) is 62.1 Å². The summed E-state index contributed by atoms with van der Waals surface area (Å²) >= 11 is 11.9. The average molecular weight is 327 g/mol. The Morgan fingerprint density at radius 3 is 2.10 bits per heavy atom. The Bertz CT molecular complexity index is 694. The number of anilines is 2. The van der Waals surface area contributed by atoms with E-state index in [2.05, 4.69) is 5.32 Å². The van der Waals surface area contributed by atoms with Crippen LogP contribution in [0.4, 0.5) is 17.1 Å². The van der Waals surface area contributed by atoms with Crippen LogP contribution in [0.5, 0.6) is 0 Å². The van der Waals surface area contributed by atoms with Gasteiger partial charge in [-0.25, -0.2) is 4.79 Å². The third-order valence-corrected chi connectivity index (χ3v) is 3.24. The molecule has 0 bridgehead atoms. The normalized spacial score (nSPS) is 10.2. The van der Waals surface area contributed by atoms with E-state index in [0.29, 0.717) is 11.4 Å². The Hall–Kier alpha value is -2.31. The Balaban J connectivity index is 2.31. The summed E-state index contributed by atoms with van der Waals surface area (Å²) in [7, 11) is 0. The third-order valence-electron chi connectivity index (χ3n) is 2.64. The van der Waals surface area contributed by atoms with Crippen LogP contribution in [0.3, 0.4) is 0 Å². The zero-order valence-electron chi connectivity index (χ0n) is 10.3. The lowest BCUT2D eigenvalue weighted by Gasteiger charge is -2.10. The van der Waals surface area contributed by atoms with E-state index in [-0.39, 0.29) is 21.3 Å². The molecule has 2 N–H and O–H groups in total. The topological polar surface area (TPSA) is 92.5 Å². The second-order valence-corrected chi connectivity index (χ2v) is 4.86. The third kappa shape index (κ3) is 3.42. The molecule has 0 unspecified atom stereocenters. The van der Waals surface area contributed by atoms with Crippen molar-refractivity contribution in [1.82, 2.24) is 0 Å². The van der Waals surface area contributed by atoms with Crippen molar-refractivity contribution in [2.75, 3.05) is 5.32 Å². The first-order valence-corrected chi connectivity index (χ1v) is 6.38. The lowest BCUT2D eigenvalue weighted by atomic mass is 10.2. The minimum Gasteiger partial charge on any atom is -0.478 e. The summed E-state index contributed by atoms with van der Waals surface area (Å²) in [6.07, 6.45) is 0. The van der Waals surface area contributed by atoms with Gasteiger partial charge in [0.25, 0.3) is 5.69 Å². The van der Waals surface area contributed by atoms with Crippen LogP contribution in [-0.4, -0.2) is 16.0 Å². The lowest BCUT2D eigenvalue weighted by molar-refractivity contribution is -0.384. The van der Waals surface area contributed by atoms with E-state index in [4.69, 9.17) is 28.3 Å². The van der Waals surface area contributed by atoms with E-state index in [1.165, 1.54) is 36.4 Å². The van der Waals surface area contributed by atoms with Crippen LogP contribution in [0, 0.1) is 10.1 Å². The van der Waals surface area contributed by atoms with Crippen molar-refractivity contribution in [2.45, 2.75) is 0 Å². The molecule has 0 fully saturated rings. The van der Waals surface area contributed by atoms with Crippen molar-refractivity contribution >= 4 is 46.2 Å². The maximum Gasteiger partial charge on any atom is 0.335 e. The molecule has 0 aromatic heterocycles. The van der Waals surface area contributed by atoms with Crippen LogP contribution in [0.1, 0.15) is 10.4 Å². The molecule has 2 aromatic rings. The Kier molecular flexibility index (Phi) is 4.30. The quantitative estimate of drug-likeness (QED) is 0.643. The molecular weight excluding hydrogens is 319 g/mol. The molecule has 0 heterocycles. The fourth-order valence-corrected chi connectivity index (χ4v) is 2.20. The molecule has 0 aliphatic heterocycles. The van der Waals surface area contributed by atoms with Crippen LogP contribution in [0.25, 0.3) is 0 Å². The van der Waals surface area contributed by atoms with Gasteiger partial charge in [0.05, 0.1) is 26.2 Å². The smallest absolute Gasteiger partial charge is 0.335 e. The van der Waals surface area contributed by atoms with E-state index >= 15 is 0 Å². The highest BCUT2D eigenvalue weighted by Crippen LogP contribution is 2.36. The summed E-state index contributed by atoms with van der Waals surface area (Å²) in [5.74, 6) is -1.03. The first-order chi connectivity index (χ1) is 9.88. The molecule has 8 heteroatoms. The number of rotatable bonds is 4. The van der Waals surface area contributed by atoms with Gasteiger partial charge in [0.15, 0.2) is 0 Å². The SMILES string of the molecule is O=C(O)c1ccc(Nc2c(Cl)cc([N+](=O)[O-])cc2Cl)cc1. The highest BCUT2D eigenvalue weighted by atomic mass is 35.5. The highest BCUT2D eigenvalue weighted by molar-refractivity contribution is 6.39. The zero-order chi connectivity index (χ0) is 15.6. The summed E-state index contributed by atoms with van der Waals surface area (Å²) in [6, 6.07) is 8.27. The van der Waals surface area contributed by atoms with Gasteiger partial charge in [0.1, 0.15) is 0 Å². The molecule has 2 rings (SSSR count). The van der Waals surface area contributed by atoms with Gasteiger partial charge >= 0.3 is 5.97 Å². The molecule has 0 saturated heterocycles. The molecule has 2 aromatic carbocycles. The molecule has 0 aliphatic rings. The number of carbonyl (C=O) groups is 1. The van der Waals surface area contributed by atoms with Gasteiger partial charge < -0.3 is 10.4 Å². The van der Waals surface area contributed by atoms with Crippen molar-refractivity contribution in [3.63, 3.8) is 0 Å². The number of nitrogens with one attached hydrogen (secondary N) is 1. The first-order valence-electron chi connectivity index (χ1n) is 5.62. The van der Waals surface area contributed by atoms with Gasteiger partial charge in [-0.15, -0.1) is 0 Å². The molecule has 108 valence electrons. The molecule has 0 spiro atoms. The molecule has 21 heavy (non-hydrogen) atoms. The monoisotopic (exact) mass is 326 g/mol. The Morgan fingerprint density at radius 2 is 1.67 bits per heavy atom. The van der Waals surface area contributed by atoms with Crippen LogP contribution >= 0.6 is 23.2 Å². The van der Waals surface area contributed by atoms with Gasteiger partial charge in [-0.1, -0.05) is 23.2 Å². The summed E-state index contributed by atoms with van der Waals surface area (Å²) in [5, 5.41) is 22.6. The van der Waals surface area contributed by atoms with Crippen LogP contribution in [0.2, 0.25) is 10.0 Å². The molecule has 0 aliphatic carbocycles. The summed E-state index contributed by atoms with van der Waals surface area (Å²) < 4.78 is 0. The maximum atomic E-state index is 10.8. The van der Waals surface area contributed by atoms with Crippen LogP contribution < -0.4 is 5.32 Å². The first kappa shape index (κ1) is 15.1. The number of hydrogen-bond acceptors (Lipinski definition) is 4. The number of nitro benzene ring substituents is 1. The number of non-ortho nitro benzene ring substituents is 1. The maximum absolute atomic E-state index is 10.8. The van der Waals surface area contributed by atoms with Gasteiger partial charge in [-0.3, -0.25) is 10.1 Å². The molecule has 6 nitrogen and oxygen atoms in total. The molecular formula is C13H8Cl2N2O4. The second kappa shape index (κ2) is 5.99. The fraction of sp³-hybridized carbons (Fsp3) is 0. The highest BCUT2D eigenvalue weighted by Gasteiger charge is 2.14. The molecule has 0 radical (unpaired) electrons. The predicted octanol–water partition coefficient (Wildman–Crippen LogP) is 4.34. The molecule has 0 saturated carbocycles. The molecule has 0 amide bonds. The standard InChI is InChI=1S/C13H8Cl2N2O4/c14-10-5-9(17(20)21)6-11(15)12(10)16-8-3-1-7(2-4-8)13(18)19/h1-6,16H,(H,18,19). The molecule has 0 atom stereocenters. The fourth-order valence-electron chi connectivity index (χ4n) is 1.63. The lowest BCUT2D eigenvalue weighted by Crippen LogP contribution is -1.98. The second-order valence-electron chi connectivity index (χ2n) is 4.05. The van der Waals surface area contributed by atoms with Gasteiger partial charge in [-0.05, 0) is 24.3 Å². The number of nitro groups is 1. The number of hydrogen-bond donors (Lipinski definition) is 2. The zero-order valence-corrected chi connectivity index (χ0v) is 11.9. The number of carboxylic acids is 1. The van der Waals surface area contributed by atoms with Crippen molar-refractivity contribution in [2.24, 2.45) is 0 Å². The van der Waals surface area contributed by atoms with E-state index in [0.717, 1.165) is 0 Å². The van der Waals surface area contributed by atoms with E-state index < -0.39 is 10.9 Å². The van der Waals surface area contributed by atoms with Gasteiger partial charge in [0, 0.05) is 17.8 Å². The number of nitrogens with zero attached hydrogens (tertiary/aromatic N) is 1. The number of carboxylic acid groups (broad SMARTS) is 1. The van der Waals surface area contributed by atoms with E-state index in [1.54, 1.807) is 0 Å². The van der Waals surface area contributed by atoms with E-state index in [9.17, 15) is 14.9 Å². The number of benzene rings is 2. The summed E-state index contributed by atoms with van der Waals surface area (Å²) in [4.78, 5) is 20.8. The minimum atomic E-state index is -1.03. The average Bonchev–Trinajstić information content (AvgIpc) is 2.43. The van der Waals surface area contributed by atoms with E-state index in [1.807, 2.05) is 0 Å². The van der Waals surface area contributed by atoms with Crippen LogP contribution in [-0.2, 0) is 0 Å². The van der Waals surface area contributed by atoms with Crippen molar-refractivity contribution in [3.8, 4) is 0 Å². The van der Waals surface area contributed by atoms with Gasteiger partial charge in [0.2, 0.25) is 0 Å². The summed E-state index contributed by atoms with van der Waals surface area (Å²) in [6.45, 7) is 0. The van der Waals surface area contributed by atoms with Gasteiger partial charge in [-0.2, -0.15) is 0 Å². The summed E-state index contributed by atoms with van der Waals surface area (Å²) in [5.41, 5.74) is 0.794. The van der Waals surface area contributed by atoms with Crippen LogP contribution in [0.15, 0.2) is 36.4 Å². The minimum absolute atomic E-state index is 0.0940. The number of halogens is 2.